The van der Waals surface area contributed by atoms with Gasteiger partial charge in [-0.2, -0.15) is 0 Å². The summed E-state index contributed by atoms with van der Waals surface area (Å²) in [7, 11) is 0. The van der Waals surface area contributed by atoms with Crippen molar-refractivity contribution < 1.29 is 18.8 Å². The first-order chi connectivity index (χ1) is 19.1. The van der Waals surface area contributed by atoms with Crippen LogP contribution in [0.25, 0.3) is 11.1 Å². The largest absolute Gasteiger partial charge is 0.366 e. The molecular formula is C30H29BrClFN4O3. The topological polar surface area (TPSA) is 105 Å². The van der Waals surface area contributed by atoms with E-state index in [-0.39, 0.29) is 34.8 Å². The van der Waals surface area contributed by atoms with Gasteiger partial charge in [0.05, 0.1) is 17.1 Å². The van der Waals surface area contributed by atoms with Crippen molar-refractivity contribution in [2.45, 2.75) is 51.1 Å². The molecular weight excluding hydrogens is 599 g/mol. The van der Waals surface area contributed by atoms with Gasteiger partial charge in [0.25, 0.3) is 0 Å². The predicted octanol–water partition coefficient (Wildman–Crippen LogP) is 6.01. The summed E-state index contributed by atoms with van der Waals surface area (Å²) in [4.78, 5) is 45.0. The van der Waals surface area contributed by atoms with Gasteiger partial charge in [-0.15, -0.1) is 0 Å². The molecule has 3 aliphatic heterocycles. The summed E-state index contributed by atoms with van der Waals surface area (Å²) in [6, 6.07) is 7.80. The van der Waals surface area contributed by atoms with Crippen LogP contribution in [0.15, 0.2) is 51.9 Å². The van der Waals surface area contributed by atoms with Gasteiger partial charge in [-0.1, -0.05) is 46.9 Å². The van der Waals surface area contributed by atoms with Crippen LogP contribution in [0.3, 0.4) is 0 Å². The van der Waals surface area contributed by atoms with E-state index in [1.54, 1.807) is 30.5 Å². The standard InChI is InChI=1S/C30H29BrClFN4O3/c1-16-3-2-4-25(37-12-10-18(15-26(37)38)27-21(31)7-8-22(32)28(27)33)24-13-17(9-11-35-24)20-6-5-19(29(34)39)14-23(20)36-30(16)40/h5-9,11,14-16,24-25H,2-4,10,12-13H2,1H3,(H2,34,39)(H,36,40)/t16?,24?,25-/m0/s1. The fourth-order valence-corrected chi connectivity index (χ4v) is 6.40. The monoisotopic (exact) mass is 626 g/mol. The molecule has 0 saturated carbocycles. The molecule has 0 aliphatic carbocycles. The zero-order valence-electron chi connectivity index (χ0n) is 21.9. The zero-order chi connectivity index (χ0) is 28.6. The number of primary amides is 1. The van der Waals surface area contributed by atoms with E-state index in [4.69, 9.17) is 22.3 Å². The van der Waals surface area contributed by atoms with Crippen molar-refractivity contribution in [3.8, 4) is 0 Å². The number of carbonyl (C=O) groups is 3. The maximum absolute atomic E-state index is 14.9. The van der Waals surface area contributed by atoms with E-state index < -0.39 is 11.7 Å². The normalized spacial score (nSPS) is 23.3. The summed E-state index contributed by atoms with van der Waals surface area (Å²) in [5, 5.41) is 3.00. The number of nitrogens with one attached hydrogen (secondary N) is 1. The third-order valence-electron chi connectivity index (χ3n) is 7.89. The van der Waals surface area contributed by atoms with E-state index in [1.807, 2.05) is 17.9 Å². The van der Waals surface area contributed by atoms with Crippen molar-refractivity contribution in [2.24, 2.45) is 16.6 Å². The highest BCUT2D eigenvalue weighted by atomic mass is 79.9. The van der Waals surface area contributed by atoms with Gasteiger partial charge in [0, 0.05) is 51.6 Å². The Morgan fingerprint density at radius 1 is 1.20 bits per heavy atom. The van der Waals surface area contributed by atoms with Crippen molar-refractivity contribution in [1.82, 2.24) is 4.90 Å². The maximum atomic E-state index is 14.9. The number of nitrogens with zero attached hydrogens (tertiary/aromatic N) is 2. The number of aliphatic imine (C=N–C) groups is 1. The van der Waals surface area contributed by atoms with Crippen molar-refractivity contribution in [2.75, 3.05) is 11.9 Å². The van der Waals surface area contributed by atoms with Crippen LogP contribution in [-0.4, -0.2) is 47.5 Å². The number of anilines is 1. The summed E-state index contributed by atoms with van der Waals surface area (Å²) in [6.07, 6.45) is 8.16. The van der Waals surface area contributed by atoms with Gasteiger partial charge in [0.1, 0.15) is 5.82 Å². The molecule has 5 rings (SSSR count). The van der Waals surface area contributed by atoms with Crippen molar-refractivity contribution >= 4 is 68.3 Å². The summed E-state index contributed by atoms with van der Waals surface area (Å²) >= 11 is 9.43. The number of allylic oxidation sites excluding steroid dienone is 1. The first-order valence-corrected chi connectivity index (χ1v) is 14.4. The van der Waals surface area contributed by atoms with Crippen LogP contribution in [0.1, 0.15) is 60.5 Å². The van der Waals surface area contributed by atoms with Crippen LogP contribution in [0.5, 0.6) is 0 Å². The van der Waals surface area contributed by atoms with Crippen LogP contribution < -0.4 is 11.1 Å². The lowest BCUT2D eigenvalue weighted by Gasteiger charge is -2.39. The van der Waals surface area contributed by atoms with Gasteiger partial charge in [-0.25, -0.2) is 4.39 Å². The third kappa shape index (κ3) is 5.63. The van der Waals surface area contributed by atoms with E-state index in [9.17, 15) is 18.8 Å². The molecule has 208 valence electrons. The Balaban J connectivity index is 1.48. The first-order valence-electron chi connectivity index (χ1n) is 13.3. The van der Waals surface area contributed by atoms with E-state index in [0.29, 0.717) is 65.5 Å². The minimum Gasteiger partial charge on any atom is -0.366 e. The van der Waals surface area contributed by atoms with Crippen molar-refractivity contribution in [3.63, 3.8) is 0 Å². The number of rotatable bonds is 3. The second kappa shape index (κ2) is 11.7. The molecule has 3 amide bonds. The Morgan fingerprint density at radius 3 is 2.75 bits per heavy atom. The van der Waals surface area contributed by atoms with Crippen LogP contribution in [-0.2, 0) is 9.59 Å². The Morgan fingerprint density at radius 2 is 2.00 bits per heavy atom. The molecule has 0 spiro atoms. The molecule has 2 bridgehead atoms. The minimum atomic E-state index is -0.575. The van der Waals surface area contributed by atoms with Crippen molar-refractivity contribution in [3.05, 3.63) is 74.5 Å². The van der Waals surface area contributed by atoms with Crippen LogP contribution in [0, 0.1) is 11.7 Å². The van der Waals surface area contributed by atoms with Gasteiger partial charge in [-0.3, -0.25) is 19.4 Å². The summed E-state index contributed by atoms with van der Waals surface area (Å²) < 4.78 is 15.4. The number of halogens is 3. The first kappa shape index (κ1) is 28.2. The molecule has 2 aromatic rings. The summed E-state index contributed by atoms with van der Waals surface area (Å²) in [5.41, 5.74) is 8.98. The minimum absolute atomic E-state index is 0.00513. The van der Waals surface area contributed by atoms with Crippen molar-refractivity contribution in [1.29, 1.82) is 0 Å². The highest BCUT2D eigenvalue weighted by Crippen LogP contribution is 2.38. The summed E-state index contributed by atoms with van der Waals surface area (Å²) in [5.74, 6) is -1.75. The number of benzene rings is 2. The molecule has 3 atom stereocenters. The van der Waals surface area contributed by atoms with Crippen LogP contribution in [0.2, 0.25) is 5.02 Å². The smallest absolute Gasteiger partial charge is 0.248 e. The molecule has 10 heteroatoms. The fraction of sp³-hybridized carbons (Fsp3) is 0.333. The van der Waals surface area contributed by atoms with Gasteiger partial charge in [-0.05, 0) is 67.2 Å². The molecule has 0 radical (unpaired) electrons. The molecule has 0 aromatic heterocycles. The maximum Gasteiger partial charge on any atom is 0.248 e. The van der Waals surface area contributed by atoms with Gasteiger partial charge < -0.3 is 16.0 Å². The fourth-order valence-electron chi connectivity index (χ4n) is 5.68. The number of carbonyl (C=O) groups excluding carboxylic acids is 3. The molecule has 0 fully saturated rings. The number of fused-ring (bicyclic) bond motifs is 4. The van der Waals surface area contributed by atoms with E-state index in [0.717, 1.165) is 11.1 Å². The number of hydrogen-bond donors (Lipinski definition) is 2. The average Bonchev–Trinajstić information content (AvgIpc) is 2.93. The number of hydrogen-bond acceptors (Lipinski definition) is 4. The molecule has 2 aromatic carbocycles. The van der Waals surface area contributed by atoms with E-state index in [1.165, 1.54) is 12.1 Å². The second-order valence-electron chi connectivity index (χ2n) is 10.4. The lowest BCUT2D eigenvalue weighted by Crippen LogP contribution is -2.48. The van der Waals surface area contributed by atoms with Gasteiger partial charge in [0.2, 0.25) is 17.7 Å². The molecule has 3 heterocycles. The summed E-state index contributed by atoms with van der Waals surface area (Å²) in [6.45, 7) is 2.28. The third-order valence-corrected chi connectivity index (χ3v) is 8.84. The molecule has 3 N–H and O–H groups in total. The highest BCUT2D eigenvalue weighted by Gasteiger charge is 2.35. The Labute approximate surface area is 245 Å². The Bertz CT molecular complexity index is 1490. The van der Waals surface area contributed by atoms with E-state index >= 15 is 0 Å². The average molecular weight is 628 g/mol. The van der Waals surface area contributed by atoms with Gasteiger partial charge in [0.15, 0.2) is 0 Å². The Hall–Kier alpha value is -3.30. The lowest BCUT2D eigenvalue weighted by molar-refractivity contribution is -0.129. The number of dihydropyridines is 1. The molecule has 0 saturated heterocycles. The lowest BCUT2D eigenvalue weighted by atomic mass is 9.86. The van der Waals surface area contributed by atoms with Crippen LogP contribution >= 0.6 is 27.5 Å². The van der Waals surface area contributed by atoms with Crippen LogP contribution in [0.4, 0.5) is 10.1 Å². The highest BCUT2D eigenvalue weighted by molar-refractivity contribution is 9.10. The molecule has 3 aliphatic rings. The van der Waals surface area contributed by atoms with Gasteiger partial charge >= 0.3 is 0 Å². The molecule has 7 nitrogen and oxygen atoms in total. The predicted molar refractivity (Wildman–Crippen MR) is 159 cm³/mol. The Kier molecular flexibility index (Phi) is 8.24. The zero-order valence-corrected chi connectivity index (χ0v) is 24.3. The van der Waals surface area contributed by atoms with E-state index in [2.05, 4.69) is 21.2 Å². The number of nitrogens with two attached hydrogens (primary N) is 1. The molecule has 40 heavy (non-hydrogen) atoms. The SMILES string of the molecule is CC1CCC[C@H](N2CCC(c3c(Br)ccc(Cl)c3F)=CC2=O)C2CC(=CC=N2)c2ccc(C(N)=O)cc2NC1=O. The molecule has 2 unspecified atom stereocenters. The number of amides is 3. The quantitative estimate of drug-likeness (QED) is 0.407. The second-order valence-corrected chi connectivity index (χ2v) is 11.7.